The molecule has 0 saturated carbocycles. The van der Waals surface area contributed by atoms with Crippen LogP contribution in [0.1, 0.15) is 11.1 Å². The second kappa shape index (κ2) is 8.79. The number of aromatic nitrogens is 1. The van der Waals surface area contributed by atoms with Crippen LogP contribution < -0.4 is 10.1 Å². The Morgan fingerprint density at radius 1 is 1.42 bits per heavy atom. The summed E-state index contributed by atoms with van der Waals surface area (Å²) in [6.07, 6.45) is 4.39. The molecule has 0 fully saturated rings. The molecule has 2 N–H and O–H groups in total. The highest BCUT2D eigenvalue weighted by atomic mass is 19.1. The molecule has 1 unspecified atom stereocenters. The van der Waals surface area contributed by atoms with Crippen molar-refractivity contribution >= 4 is 12.0 Å². The average Bonchev–Trinajstić information content (AvgIpc) is 2.56. The highest BCUT2D eigenvalue weighted by Crippen LogP contribution is 2.12. The molecule has 2 rings (SSSR count). The number of ether oxygens (including phenoxy) is 1. The average molecular weight is 330 g/mol. The van der Waals surface area contributed by atoms with Crippen LogP contribution in [0.4, 0.5) is 4.39 Å². The molecule has 0 radical (unpaired) electrons. The summed E-state index contributed by atoms with van der Waals surface area (Å²) in [7, 11) is 0. The monoisotopic (exact) mass is 330 g/mol. The minimum absolute atomic E-state index is 0.0520. The standard InChI is InChI=1S/C18H19FN2O3/c1-13-3-2-4-17(7-13)24-12-16(22)11-21-18(23)6-5-14-8-15(19)10-20-9-14/h2-10,16,22H,11-12H2,1H3,(H,21,23)/b6-5+. The molecule has 1 aromatic carbocycles. The Balaban J connectivity index is 1.73. The number of amides is 1. The van der Waals surface area contributed by atoms with Crippen molar-refractivity contribution in [3.63, 3.8) is 0 Å². The van der Waals surface area contributed by atoms with Crippen LogP contribution >= 0.6 is 0 Å². The first-order valence-corrected chi connectivity index (χ1v) is 7.47. The molecule has 2 aromatic rings. The van der Waals surface area contributed by atoms with Gasteiger partial charge in [-0.25, -0.2) is 4.39 Å². The zero-order chi connectivity index (χ0) is 17.4. The summed E-state index contributed by atoms with van der Waals surface area (Å²) in [5.41, 5.74) is 1.54. The molecule has 1 heterocycles. The molecule has 1 atom stereocenters. The quantitative estimate of drug-likeness (QED) is 0.763. The van der Waals surface area contributed by atoms with Crippen molar-refractivity contribution in [2.45, 2.75) is 13.0 Å². The molecule has 24 heavy (non-hydrogen) atoms. The minimum Gasteiger partial charge on any atom is -0.491 e. The van der Waals surface area contributed by atoms with E-state index in [4.69, 9.17) is 4.74 Å². The number of hydrogen-bond donors (Lipinski definition) is 2. The third-order valence-electron chi connectivity index (χ3n) is 3.10. The van der Waals surface area contributed by atoms with E-state index < -0.39 is 17.8 Å². The number of halogens is 1. The Hall–Kier alpha value is -2.73. The van der Waals surface area contributed by atoms with E-state index in [2.05, 4.69) is 10.3 Å². The van der Waals surface area contributed by atoms with Gasteiger partial charge in [0.15, 0.2) is 0 Å². The zero-order valence-corrected chi connectivity index (χ0v) is 13.3. The molecular weight excluding hydrogens is 311 g/mol. The molecule has 0 spiro atoms. The van der Waals surface area contributed by atoms with E-state index in [1.807, 2.05) is 25.1 Å². The molecule has 5 nitrogen and oxygen atoms in total. The number of nitrogens with one attached hydrogen (secondary N) is 1. The molecule has 0 aliphatic heterocycles. The maximum absolute atomic E-state index is 13.0. The summed E-state index contributed by atoms with van der Waals surface area (Å²) in [5.74, 6) is -0.200. The van der Waals surface area contributed by atoms with E-state index in [-0.39, 0.29) is 13.2 Å². The lowest BCUT2D eigenvalue weighted by Gasteiger charge is -2.13. The van der Waals surface area contributed by atoms with Gasteiger partial charge in [-0.15, -0.1) is 0 Å². The number of nitrogens with zero attached hydrogens (tertiary/aromatic N) is 1. The van der Waals surface area contributed by atoms with E-state index in [1.54, 1.807) is 6.07 Å². The summed E-state index contributed by atoms with van der Waals surface area (Å²) < 4.78 is 18.4. The third kappa shape index (κ3) is 6.18. The summed E-state index contributed by atoms with van der Waals surface area (Å²) >= 11 is 0. The number of benzene rings is 1. The van der Waals surface area contributed by atoms with Gasteiger partial charge in [-0.2, -0.15) is 0 Å². The molecule has 0 aliphatic rings. The van der Waals surface area contributed by atoms with Crippen molar-refractivity contribution in [2.24, 2.45) is 0 Å². The fraction of sp³-hybridized carbons (Fsp3) is 0.222. The minimum atomic E-state index is -0.835. The van der Waals surface area contributed by atoms with Crippen LogP contribution in [0.3, 0.4) is 0 Å². The molecule has 0 saturated heterocycles. The Morgan fingerprint density at radius 3 is 3.00 bits per heavy atom. The van der Waals surface area contributed by atoms with Crippen molar-refractivity contribution in [2.75, 3.05) is 13.2 Å². The number of carbonyl (C=O) groups excluding carboxylic acids is 1. The predicted molar refractivity (Wildman–Crippen MR) is 88.9 cm³/mol. The van der Waals surface area contributed by atoms with E-state index >= 15 is 0 Å². The molecule has 6 heteroatoms. The van der Waals surface area contributed by atoms with Crippen LogP contribution in [0.5, 0.6) is 5.75 Å². The van der Waals surface area contributed by atoms with Gasteiger partial charge in [-0.05, 0) is 42.3 Å². The highest BCUT2D eigenvalue weighted by Gasteiger charge is 2.07. The molecule has 1 amide bonds. The van der Waals surface area contributed by atoms with E-state index in [0.29, 0.717) is 11.3 Å². The van der Waals surface area contributed by atoms with Crippen molar-refractivity contribution in [3.8, 4) is 5.75 Å². The first-order chi connectivity index (χ1) is 11.5. The third-order valence-corrected chi connectivity index (χ3v) is 3.10. The van der Waals surface area contributed by atoms with Crippen LogP contribution in [-0.2, 0) is 4.79 Å². The maximum Gasteiger partial charge on any atom is 0.244 e. The first kappa shape index (κ1) is 17.6. The summed E-state index contributed by atoms with van der Waals surface area (Å²) in [4.78, 5) is 15.3. The predicted octanol–water partition coefficient (Wildman–Crippen LogP) is 2.10. The second-order valence-corrected chi connectivity index (χ2v) is 5.30. The Kier molecular flexibility index (Phi) is 6.45. The van der Waals surface area contributed by atoms with Crippen molar-refractivity contribution in [3.05, 3.63) is 65.7 Å². The number of aryl methyl sites for hydroxylation is 1. The normalized spacial score (nSPS) is 12.1. The summed E-state index contributed by atoms with van der Waals surface area (Å²) in [6.45, 7) is 2.07. The second-order valence-electron chi connectivity index (χ2n) is 5.30. The molecule has 0 bridgehead atoms. The van der Waals surface area contributed by atoms with E-state index in [1.165, 1.54) is 24.4 Å². The highest BCUT2D eigenvalue weighted by molar-refractivity contribution is 5.91. The van der Waals surface area contributed by atoms with Gasteiger partial charge in [0.25, 0.3) is 0 Å². The Morgan fingerprint density at radius 2 is 2.25 bits per heavy atom. The van der Waals surface area contributed by atoms with Crippen molar-refractivity contribution in [1.82, 2.24) is 10.3 Å². The fourth-order valence-electron chi connectivity index (χ4n) is 1.93. The van der Waals surface area contributed by atoms with E-state index in [0.717, 1.165) is 11.8 Å². The van der Waals surface area contributed by atoms with Crippen LogP contribution in [0.2, 0.25) is 0 Å². The number of pyridine rings is 1. The van der Waals surface area contributed by atoms with Crippen LogP contribution in [-0.4, -0.2) is 35.3 Å². The van der Waals surface area contributed by atoms with Gasteiger partial charge in [-0.3, -0.25) is 9.78 Å². The lowest BCUT2D eigenvalue weighted by molar-refractivity contribution is -0.117. The molecular formula is C18H19FN2O3. The van der Waals surface area contributed by atoms with Gasteiger partial charge in [0.1, 0.15) is 24.3 Å². The molecule has 1 aromatic heterocycles. The van der Waals surface area contributed by atoms with Gasteiger partial charge in [0, 0.05) is 18.8 Å². The topological polar surface area (TPSA) is 71.5 Å². The van der Waals surface area contributed by atoms with Gasteiger partial charge in [-0.1, -0.05) is 12.1 Å². The fourth-order valence-corrected chi connectivity index (χ4v) is 1.93. The van der Waals surface area contributed by atoms with E-state index in [9.17, 15) is 14.3 Å². The van der Waals surface area contributed by atoms with Crippen molar-refractivity contribution < 1.29 is 19.0 Å². The number of hydrogen-bond acceptors (Lipinski definition) is 4. The SMILES string of the molecule is Cc1cccc(OCC(O)CNC(=O)/C=C/c2cncc(F)c2)c1. The number of aliphatic hydroxyl groups excluding tert-OH is 1. The van der Waals surface area contributed by atoms with Crippen LogP contribution in [0, 0.1) is 12.7 Å². The van der Waals surface area contributed by atoms with Gasteiger partial charge in [0.05, 0.1) is 6.20 Å². The number of carbonyl (C=O) groups is 1. The summed E-state index contributed by atoms with van der Waals surface area (Å²) in [5, 5.41) is 12.4. The van der Waals surface area contributed by atoms with Crippen LogP contribution in [0.15, 0.2) is 48.8 Å². The van der Waals surface area contributed by atoms with Gasteiger partial charge >= 0.3 is 0 Å². The number of rotatable bonds is 7. The smallest absolute Gasteiger partial charge is 0.244 e. The van der Waals surface area contributed by atoms with Crippen LogP contribution in [0.25, 0.3) is 6.08 Å². The largest absolute Gasteiger partial charge is 0.491 e. The van der Waals surface area contributed by atoms with Crippen molar-refractivity contribution in [1.29, 1.82) is 0 Å². The first-order valence-electron chi connectivity index (χ1n) is 7.47. The number of aliphatic hydroxyl groups is 1. The molecule has 0 aliphatic carbocycles. The Bertz CT molecular complexity index is 719. The lowest BCUT2D eigenvalue weighted by Crippen LogP contribution is -2.34. The summed E-state index contributed by atoms with van der Waals surface area (Å²) in [6, 6.07) is 8.74. The molecule has 126 valence electrons. The van der Waals surface area contributed by atoms with Gasteiger partial charge < -0.3 is 15.2 Å². The van der Waals surface area contributed by atoms with Gasteiger partial charge in [0.2, 0.25) is 5.91 Å². The Labute approximate surface area is 139 Å². The maximum atomic E-state index is 13.0. The zero-order valence-electron chi connectivity index (χ0n) is 13.3. The lowest BCUT2D eigenvalue weighted by atomic mass is 10.2.